The quantitative estimate of drug-likeness (QED) is 0.597. The van der Waals surface area contributed by atoms with Crippen molar-refractivity contribution in [3.05, 3.63) is 32.2 Å². The fourth-order valence-corrected chi connectivity index (χ4v) is 5.32. The molecule has 1 nitrogen and oxygen atoms in total. The fraction of sp³-hybridized carbons (Fsp3) is 0.533. The molecule has 96 valence electrons. The second-order valence-electron chi connectivity index (χ2n) is 5.57. The molecule has 0 unspecified atom stereocenters. The standard InChI is InChI=1S/C15H16Br2O/c16-10-8-11-13(18)4-7-15(5-2-1-3-6-15)14(11)12(17)9-10/h8-9H,1-7H2. The van der Waals surface area contributed by atoms with Crippen LogP contribution >= 0.6 is 31.9 Å². The number of ketones is 1. The van der Waals surface area contributed by atoms with Crippen molar-refractivity contribution in [2.24, 2.45) is 0 Å². The molecule has 2 aliphatic rings. The highest BCUT2D eigenvalue weighted by Crippen LogP contribution is 2.50. The highest BCUT2D eigenvalue weighted by molar-refractivity contribution is 9.11. The Bertz CT molecular complexity index is 501. The van der Waals surface area contributed by atoms with Gasteiger partial charge in [0.1, 0.15) is 0 Å². The molecule has 0 bridgehead atoms. The highest BCUT2D eigenvalue weighted by Gasteiger charge is 2.41. The summed E-state index contributed by atoms with van der Waals surface area (Å²) in [5, 5.41) is 0. The minimum atomic E-state index is 0.265. The molecule has 1 aromatic carbocycles. The molecule has 0 saturated heterocycles. The molecule has 0 atom stereocenters. The number of benzene rings is 1. The number of halogens is 2. The second-order valence-corrected chi connectivity index (χ2v) is 7.34. The van der Waals surface area contributed by atoms with E-state index in [1.54, 1.807) is 0 Å². The number of fused-ring (bicyclic) bond motifs is 2. The first-order valence-corrected chi connectivity index (χ1v) is 8.24. The summed E-state index contributed by atoms with van der Waals surface area (Å²) in [5.41, 5.74) is 2.51. The van der Waals surface area contributed by atoms with Gasteiger partial charge in [0.2, 0.25) is 0 Å². The van der Waals surface area contributed by atoms with Gasteiger partial charge >= 0.3 is 0 Å². The molecule has 0 aromatic heterocycles. The zero-order chi connectivity index (χ0) is 12.8. The maximum Gasteiger partial charge on any atom is 0.163 e. The van der Waals surface area contributed by atoms with Crippen LogP contribution in [0.15, 0.2) is 21.1 Å². The van der Waals surface area contributed by atoms with Crippen molar-refractivity contribution >= 4 is 37.6 Å². The van der Waals surface area contributed by atoms with E-state index in [-0.39, 0.29) is 5.41 Å². The van der Waals surface area contributed by atoms with Crippen LogP contribution in [0.5, 0.6) is 0 Å². The van der Waals surface area contributed by atoms with Gasteiger partial charge in [-0.2, -0.15) is 0 Å². The van der Waals surface area contributed by atoms with Gasteiger partial charge in [-0.15, -0.1) is 0 Å². The maximum absolute atomic E-state index is 12.2. The van der Waals surface area contributed by atoms with Crippen molar-refractivity contribution in [2.45, 2.75) is 50.4 Å². The van der Waals surface area contributed by atoms with E-state index in [9.17, 15) is 4.79 Å². The monoisotopic (exact) mass is 370 g/mol. The summed E-state index contributed by atoms with van der Waals surface area (Å²) in [6, 6.07) is 4.10. The van der Waals surface area contributed by atoms with Gasteiger partial charge in [-0.05, 0) is 42.4 Å². The van der Waals surface area contributed by atoms with Crippen LogP contribution in [0.3, 0.4) is 0 Å². The third-order valence-electron chi connectivity index (χ3n) is 4.53. The molecular formula is C15H16Br2O. The van der Waals surface area contributed by atoms with Gasteiger partial charge in [0.25, 0.3) is 0 Å². The lowest BCUT2D eigenvalue weighted by molar-refractivity contribution is 0.0938. The summed E-state index contributed by atoms with van der Waals surface area (Å²) < 4.78 is 2.11. The van der Waals surface area contributed by atoms with Crippen molar-refractivity contribution < 1.29 is 4.79 Å². The van der Waals surface area contributed by atoms with Crippen LogP contribution in [0.2, 0.25) is 0 Å². The summed E-state index contributed by atoms with van der Waals surface area (Å²) in [6.07, 6.45) is 8.20. The number of rotatable bonds is 0. The topological polar surface area (TPSA) is 17.1 Å². The number of hydrogen-bond acceptors (Lipinski definition) is 1. The molecule has 1 spiro atoms. The van der Waals surface area contributed by atoms with E-state index in [1.807, 2.05) is 6.07 Å². The summed E-state index contributed by atoms with van der Waals surface area (Å²) in [4.78, 5) is 12.2. The average Bonchev–Trinajstić information content (AvgIpc) is 2.35. The molecule has 0 aliphatic heterocycles. The minimum Gasteiger partial charge on any atom is -0.294 e. The molecule has 3 rings (SSSR count). The summed E-state index contributed by atoms with van der Waals surface area (Å²) >= 11 is 7.19. The zero-order valence-electron chi connectivity index (χ0n) is 10.3. The predicted octanol–water partition coefficient (Wildman–Crippen LogP) is 5.39. The highest BCUT2D eigenvalue weighted by atomic mass is 79.9. The number of carbonyl (C=O) groups excluding carboxylic acids is 1. The lowest BCUT2D eigenvalue weighted by Crippen LogP contribution is -2.35. The van der Waals surface area contributed by atoms with Gasteiger partial charge in [-0.1, -0.05) is 51.1 Å². The number of Topliss-reactive ketones (excluding diaryl/α,β-unsaturated/α-hetero) is 1. The summed E-state index contributed by atoms with van der Waals surface area (Å²) in [6.45, 7) is 0. The Morgan fingerprint density at radius 1 is 1.00 bits per heavy atom. The van der Waals surface area contributed by atoms with E-state index in [0.29, 0.717) is 5.78 Å². The Morgan fingerprint density at radius 3 is 2.44 bits per heavy atom. The van der Waals surface area contributed by atoms with Crippen LogP contribution in [-0.4, -0.2) is 5.78 Å². The Hall–Kier alpha value is -0.150. The first kappa shape index (κ1) is 12.9. The van der Waals surface area contributed by atoms with E-state index in [0.717, 1.165) is 27.4 Å². The van der Waals surface area contributed by atoms with Gasteiger partial charge in [-0.25, -0.2) is 0 Å². The van der Waals surface area contributed by atoms with Crippen LogP contribution in [0.4, 0.5) is 0 Å². The van der Waals surface area contributed by atoms with Crippen LogP contribution in [0, 0.1) is 0 Å². The molecule has 1 saturated carbocycles. The lowest BCUT2D eigenvalue weighted by Gasteiger charge is -2.42. The molecule has 2 aliphatic carbocycles. The molecule has 0 radical (unpaired) electrons. The van der Waals surface area contributed by atoms with E-state index in [4.69, 9.17) is 0 Å². The molecule has 0 heterocycles. The summed E-state index contributed by atoms with van der Waals surface area (Å²) in [7, 11) is 0. The molecule has 1 fully saturated rings. The third-order valence-corrected chi connectivity index (χ3v) is 5.61. The Labute approximate surface area is 125 Å². The number of hydrogen-bond donors (Lipinski definition) is 0. The molecular weight excluding hydrogens is 356 g/mol. The Balaban J connectivity index is 2.19. The van der Waals surface area contributed by atoms with Crippen LogP contribution in [0.25, 0.3) is 0 Å². The zero-order valence-corrected chi connectivity index (χ0v) is 13.4. The van der Waals surface area contributed by atoms with E-state index in [2.05, 4.69) is 37.9 Å². The van der Waals surface area contributed by atoms with Gasteiger partial charge in [0.15, 0.2) is 5.78 Å². The van der Waals surface area contributed by atoms with Crippen molar-refractivity contribution in [2.75, 3.05) is 0 Å². The molecule has 0 N–H and O–H groups in total. The van der Waals surface area contributed by atoms with Crippen LogP contribution < -0.4 is 0 Å². The van der Waals surface area contributed by atoms with E-state index < -0.39 is 0 Å². The van der Waals surface area contributed by atoms with Crippen molar-refractivity contribution in [1.29, 1.82) is 0 Å². The average molecular weight is 372 g/mol. The maximum atomic E-state index is 12.2. The molecule has 1 aromatic rings. The van der Waals surface area contributed by atoms with Gasteiger partial charge in [-0.3, -0.25) is 4.79 Å². The Morgan fingerprint density at radius 2 is 1.72 bits per heavy atom. The minimum absolute atomic E-state index is 0.265. The Kier molecular flexibility index (Phi) is 3.39. The normalized spacial score (nSPS) is 22.0. The first-order chi connectivity index (χ1) is 8.62. The molecule has 0 amide bonds. The lowest BCUT2D eigenvalue weighted by atomic mass is 9.62. The van der Waals surface area contributed by atoms with E-state index in [1.165, 1.54) is 37.7 Å². The molecule has 3 heteroatoms. The summed E-state index contributed by atoms with van der Waals surface area (Å²) in [5.74, 6) is 0.309. The van der Waals surface area contributed by atoms with Crippen molar-refractivity contribution in [3.8, 4) is 0 Å². The number of carbonyl (C=O) groups is 1. The SMILES string of the molecule is O=C1CCC2(CCCCC2)c2c(Br)cc(Br)cc21. The van der Waals surface area contributed by atoms with Crippen molar-refractivity contribution in [1.82, 2.24) is 0 Å². The van der Waals surface area contributed by atoms with E-state index >= 15 is 0 Å². The third kappa shape index (κ3) is 2.00. The van der Waals surface area contributed by atoms with Gasteiger partial charge in [0, 0.05) is 20.9 Å². The predicted molar refractivity (Wildman–Crippen MR) is 80.2 cm³/mol. The molecule has 18 heavy (non-hydrogen) atoms. The fourth-order valence-electron chi connectivity index (χ4n) is 3.67. The largest absolute Gasteiger partial charge is 0.294 e. The second kappa shape index (κ2) is 4.75. The smallest absolute Gasteiger partial charge is 0.163 e. The van der Waals surface area contributed by atoms with Gasteiger partial charge < -0.3 is 0 Å². The first-order valence-electron chi connectivity index (χ1n) is 6.65. The van der Waals surface area contributed by atoms with Crippen molar-refractivity contribution in [3.63, 3.8) is 0 Å². The van der Waals surface area contributed by atoms with Crippen LogP contribution in [-0.2, 0) is 5.41 Å². The van der Waals surface area contributed by atoms with Gasteiger partial charge in [0.05, 0.1) is 0 Å². The van der Waals surface area contributed by atoms with Crippen LogP contribution in [0.1, 0.15) is 60.9 Å².